The molecule has 0 bridgehead atoms. The van der Waals surface area contributed by atoms with Crippen LogP contribution in [0.25, 0.3) is 0 Å². The van der Waals surface area contributed by atoms with E-state index in [1.165, 1.54) is 12.1 Å². The summed E-state index contributed by atoms with van der Waals surface area (Å²) in [5.74, 6) is -0.346. The first-order valence-electron chi connectivity index (χ1n) is 7.49. The molecule has 1 fully saturated rings. The summed E-state index contributed by atoms with van der Waals surface area (Å²) in [6.45, 7) is 3.08. The average Bonchev–Trinajstić information content (AvgIpc) is 2.71. The Kier molecular flexibility index (Phi) is 5.28. The van der Waals surface area contributed by atoms with Gasteiger partial charge in [-0.1, -0.05) is 19.1 Å². The van der Waals surface area contributed by atoms with E-state index in [2.05, 4.69) is 5.32 Å². The van der Waals surface area contributed by atoms with Crippen LogP contribution in [-0.4, -0.2) is 36.3 Å². The second kappa shape index (κ2) is 7.02. The SMILES string of the molecule is C[C@H](CC(=O)N1CCNC(=O)CC1)c1ccc(C(F)(F)F)cc1. The van der Waals surface area contributed by atoms with Crippen LogP contribution in [0.15, 0.2) is 24.3 Å². The highest BCUT2D eigenvalue weighted by Gasteiger charge is 2.30. The van der Waals surface area contributed by atoms with Crippen molar-refractivity contribution in [2.24, 2.45) is 0 Å². The van der Waals surface area contributed by atoms with E-state index in [0.717, 1.165) is 12.1 Å². The second-order valence-corrected chi connectivity index (χ2v) is 5.71. The highest BCUT2D eigenvalue weighted by Crippen LogP contribution is 2.30. The average molecular weight is 328 g/mol. The van der Waals surface area contributed by atoms with Gasteiger partial charge in [0.1, 0.15) is 0 Å². The summed E-state index contributed by atoms with van der Waals surface area (Å²) in [4.78, 5) is 25.2. The molecule has 7 heteroatoms. The molecule has 1 atom stereocenters. The molecule has 4 nitrogen and oxygen atoms in total. The molecule has 23 heavy (non-hydrogen) atoms. The first-order valence-corrected chi connectivity index (χ1v) is 7.49. The number of halogens is 3. The molecule has 2 amide bonds. The minimum absolute atomic E-state index is 0.0731. The topological polar surface area (TPSA) is 49.4 Å². The van der Waals surface area contributed by atoms with Crippen molar-refractivity contribution in [1.29, 1.82) is 0 Å². The zero-order valence-corrected chi connectivity index (χ0v) is 12.8. The van der Waals surface area contributed by atoms with Crippen LogP contribution < -0.4 is 5.32 Å². The Balaban J connectivity index is 1.96. The summed E-state index contributed by atoms with van der Waals surface area (Å²) >= 11 is 0. The third kappa shape index (κ3) is 4.71. The number of carbonyl (C=O) groups excluding carboxylic acids is 2. The molecule has 1 aromatic carbocycles. The molecule has 1 aliphatic rings. The Morgan fingerprint density at radius 2 is 1.91 bits per heavy atom. The smallest absolute Gasteiger partial charge is 0.354 e. The Bertz CT molecular complexity index is 570. The first kappa shape index (κ1) is 17.3. The van der Waals surface area contributed by atoms with E-state index in [4.69, 9.17) is 0 Å². The van der Waals surface area contributed by atoms with Gasteiger partial charge in [-0.25, -0.2) is 0 Å². The van der Waals surface area contributed by atoms with Gasteiger partial charge in [-0.15, -0.1) is 0 Å². The van der Waals surface area contributed by atoms with Crippen LogP contribution in [0.3, 0.4) is 0 Å². The summed E-state index contributed by atoms with van der Waals surface area (Å²) in [6, 6.07) is 4.89. The van der Waals surface area contributed by atoms with E-state index in [1.807, 2.05) is 6.92 Å². The standard InChI is InChI=1S/C16H19F3N2O2/c1-11(12-2-4-13(5-3-12)16(17,18)19)10-15(23)21-8-6-14(22)20-7-9-21/h2-5,11H,6-10H2,1H3,(H,20,22)/t11-/m1/s1. The monoisotopic (exact) mass is 328 g/mol. The van der Waals surface area contributed by atoms with Crippen molar-refractivity contribution in [2.45, 2.75) is 31.9 Å². The van der Waals surface area contributed by atoms with E-state index in [9.17, 15) is 22.8 Å². The summed E-state index contributed by atoms with van der Waals surface area (Å²) in [6.07, 6.45) is -3.87. The number of nitrogens with zero attached hydrogens (tertiary/aromatic N) is 1. The second-order valence-electron chi connectivity index (χ2n) is 5.71. The molecular formula is C16H19F3N2O2. The van der Waals surface area contributed by atoms with Crippen molar-refractivity contribution in [3.05, 3.63) is 35.4 Å². The van der Waals surface area contributed by atoms with Crippen LogP contribution in [0.4, 0.5) is 13.2 Å². The molecule has 1 N–H and O–H groups in total. The summed E-state index contributed by atoms with van der Waals surface area (Å²) in [5, 5.41) is 2.70. The van der Waals surface area contributed by atoms with Crippen molar-refractivity contribution in [3.8, 4) is 0 Å². The molecule has 0 saturated carbocycles. The van der Waals surface area contributed by atoms with Crippen molar-refractivity contribution in [1.82, 2.24) is 10.2 Å². The number of amides is 2. The highest BCUT2D eigenvalue weighted by molar-refractivity contribution is 5.80. The van der Waals surface area contributed by atoms with Gasteiger partial charge in [0, 0.05) is 32.5 Å². The molecule has 0 spiro atoms. The number of hydrogen-bond donors (Lipinski definition) is 1. The molecule has 2 rings (SSSR count). The molecule has 0 radical (unpaired) electrons. The Hall–Kier alpha value is -2.05. The fourth-order valence-electron chi connectivity index (χ4n) is 2.53. The minimum atomic E-state index is -4.36. The number of rotatable bonds is 3. The van der Waals surface area contributed by atoms with Crippen LogP contribution in [0, 0.1) is 0 Å². The van der Waals surface area contributed by atoms with Crippen LogP contribution in [0.2, 0.25) is 0 Å². The van der Waals surface area contributed by atoms with Crippen LogP contribution in [0.1, 0.15) is 36.8 Å². The maximum absolute atomic E-state index is 12.5. The quantitative estimate of drug-likeness (QED) is 0.927. The van der Waals surface area contributed by atoms with Gasteiger partial charge in [0.25, 0.3) is 0 Å². The lowest BCUT2D eigenvalue weighted by Gasteiger charge is -2.22. The van der Waals surface area contributed by atoms with Gasteiger partial charge in [-0.3, -0.25) is 9.59 Å². The van der Waals surface area contributed by atoms with Crippen LogP contribution in [-0.2, 0) is 15.8 Å². The summed E-state index contributed by atoms with van der Waals surface area (Å²) in [5.41, 5.74) is -0.00717. The Morgan fingerprint density at radius 1 is 1.26 bits per heavy atom. The van der Waals surface area contributed by atoms with Crippen molar-refractivity contribution in [3.63, 3.8) is 0 Å². The van der Waals surface area contributed by atoms with Crippen molar-refractivity contribution >= 4 is 11.8 Å². The highest BCUT2D eigenvalue weighted by atomic mass is 19.4. The molecule has 1 aliphatic heterocycles. The van der Waals surface area contributed by atoms with E-state index in [1.54, 1.807) is 4.90 Å². The van der Waals surface area contributed by atoms with Gasteiger partial charge in [0.05, 0.1) is 5.56 Å². The number of benzene rings is 1. The van der Waals surface area contributed by atoms with Gasteiger partial charge in [0.15, 0.2) is 0 Å². The fraction of sp³-hybridized carbons (Fsp3) is 0.500. The fourth-order valence-corrected chi connectivity index (χ4v) is 2.53. The maximum Gasteiger partial charge on any atom is 0.416 e. The van der Waals surface area contributed by atoms with Gasteiger partial charge in [0.2, 0.25) is 11.8 Å². The molecule has 1 aromatic rings. The normalized spacial score (nSPS) is 17.4. The predicted octanol–water partition coefficient (Wildman–Crippen LogP) is 2.55. The summed E-state index contributed by atoms with van der Waals surface area (Å²) in [7, 11) is 0. The minimum Gasteiger partial charge on any atom is -0.354 e. The number of alkyl halides is 3. The largest absolute Gasteiger partial charge is 0.416 e. The van der Waals surface area contributed by atoms with Crippen molar-refractivity contribution < 1.29 is 22.8 Å². The molecule has 1 saturated heterocycles. The third-order valence-electron chi connectivity index (χ3n) is 3.95. The number of hydrogen-bond acceptors (Lipinski definition) is 2. The molecule has 0 unspecified atom stereocenters. The molecule has 0 aliphatic carbocycles. The van der Waals surface area contributed by atoms with E-state index < -0.39 is 11.7 Å². The van der Waals surface area contributed by atoms with E-state index in [0.29, 0.717) is 25.2 Å². The van der Waals surface area contributed by atoms with Gasteiger partial charge in [-0.2, -0.15) is 13.2 Å². The zero-order valence-electron chi connectivity index (χ0n) is 12.8. The Morgan fingerprint density at radius 3 is 2.52 bits per heavy atom. The van der Waals surface area contributed by atoms with E-state index >= 15 is 0 Å². The lowest BCUT2D eigenvalue weighted by Crippen LogP contribution is -2.34. The number of carbonyl (C=O) groups is 2. The first-order chi connectivity index (χ1) is 10.8. The zero-order chi connectivity index (χ0) is 17.0. The lowest BCUT2D eigenvalue weighted by molar-refractivity contribution is -0.137. The predicted molar refractivity (Wildman–Crippen MR) is 78.7 cm³/mol. The van der Waals surface area contributed by atoms with Gasteiger partial charge >= 0.3 is 6.18 Å². The van der Waals surface area contributed by atoms with Gasteiger partial charge < -0.3 is 10.2 Å². The van der Waals surface area contributed by atoms with Crippen LogP contribution in [0.5, 0.6) is 0 Å². The lowest BCUT2D eigenvalue weighted by atomic mass is 9.96. The van der Waals surface area contributed by atoms with E-state index in [-0.39, 0.29) is 30.6 Å². The van der Waals surface area contributed by atoms with Gasteiger partial charge in [-0.05, 0) is 23.6 Å². The molecule has 1 heterocycles. The maximum atomic E-state index is 12.5. The molecule has 126 valence electrons. The van der Waals surface area contributed by atoms with Crippen molar-refractivity contribution in [2.75, 3.05) is 19.6 Å². The third-order valence-corrected chi connectivity index (χ3v) is 3.95. The Labute approximate surface area is 132 Å². The molecular weight excluding hydrogens is 309 g/mol. The van der Waals surface area contributed by atoms with Crippen LogP contribution >= 0.6 is 0 Å². The molecule has 0 aromatic heterocycles. The summed E-state index contributed by atoms with van der Waals surface area (Å²) < 4.78 is 37.6. The number of nitrogens with one attached hydrogen (secondary N) is 1.